The third kappa shape index (κ3) is 7.24. The normalized spacial score (nSPS) is 22.9. The molecule has 3 nitrogen and oxygen atoms in total. The van der Waals surface area contributed by atoms with E-state index >= 15 is 0 Å². The van der Waals surface area contributed by atoms with E-state index in [1.54, 1.807) is 0 Å². The van der Waals surface area contributed by atoms with E-state index in [9.17, 15) is 4.79 Å². The van der Waals surface area contributed by atoms with Gasteiger partial charge >= 0.3 is 0 Å². The Morgan fingerprint density at radius 2 is 1.57 bits per heavy atom. The second kappa shape index (κ2) is 11.9. The lowest BCUT2D eigenvalue weighted by atomic mass is 9.79. The molecular formula is C20H39NO2. The molecule has 2 N–H and O–H groups in total. The molecule has 2 unspecified atom stereocenters. The fourth-order valence-corrected chi connectivity index (χ4v) is 3.81. The largest absolute Gasteiger partial charge is 0.367 e. The molecule has 0 saturated carbocycles. The number of ether oxygens (including phenoxy) is 1. The first kappa shape index (κ1) is 20.5. The van der Waals surface area contributed by atoms with Crippen LogP contribution in [0.2, 0.25) is 0 Å². The van der Waals surface area contributed by atoms with Crippen LogP contribution >= 0.6 is 0 Å². The van der Waals surface area contributed by atoms with Gasteiger partial charge in [-0.1, -0.05) is 78.1 Å². The molecule has 1 aliphatic rings. The van der Waals surface area contributed by atoms with Crippen LogP contribution in [0.4, 0.5) is 0 Å². The van der Waals surface area contributed by atoms with Gasteiger partial charge in [0.25, 0.3) is 0 Å². The van der Waals surface area contributed by atoms with Gasteiger partial charge in [0.05, 0.1) is 0 Å². The molecular weight excluding hydrogens is 286 g/mol. The predicted octanol–water partition coefficient (Wildman–Crippen LogP) is 5.36. The Balaban J connectivity index is 2.09. The molecule has 136 valence electrons. The van der Waals surface area contributed by atoms with Crippen LogP contribution < -0.4 is 5.73 Å². The Hall–Kier alpha value is -0.570. The minimum Gasteiger partial charge on any atom is -0.367 e. The summed E-state index contributed by atoms with van der Waals surface area (Å²) < 4.78 is 5.86. The zero-order valence-corrected chi connectivity index (χ0v) is 15.6. The number of unbranched alkanes of at least 4 members (excludes halogenated alkanes) is 9. The van der Waals surface area contributed by atoms with E-state index in [1.165, 1.54) is 64.2 Å². The minimum atomic E-state index is -0.683. The van der Waals surface area contributed by atoms with Gasteiger partial charge in [0.1, 0.15) is 5.60 Å². The Morgan fingerprint density at radius 1 is 1.00 bits per heavy atom. The highest BCUT2D eigenvalue weighted by molar-refractivity contribution is 5.84. The molecule has 0 aliphatic carbocycles. The van der Waals surface area contributed by atoms with Gasteiger partial charge in [0.15, 0.2) is 0 Å². The van der Waals surface area contributed by atoms with E-state index in [-0.39, 0.29) is 11.8 Å². The molecule has 23 heavy (non-hydrogen) atoms. The minimum absolute atomic E-state index is 0.245. The molecule has 0 spiro atoms. The standard InChI is InChI=1S/C20H39NO2/c1-3-4-5-6-7-8-9-10-11-12-15-18(2)20(19(21)22)16-13-14-17-23-20/h18H,3-17H2,1-2H3,(H2,21,22). The summed E-state index contributed by atoms with van der Waals surface area (Å²) >= 11 is 0. The van der Waals surface area contributed by atoms with Crippen LogP contribution in [-0.4, -0.2) is 18.1 Å². The van der Waals surface area contributed by atoms with E-state index in [4.69, 9.17) is 10.5 Å². The lowest BCUT2D eigenvalue weighted by Crippen LogP contribution is -2.53. The number of nitrogens with two attached hydrogens (primary N) is 1. The molecule has 2 atom stereocenters. The van der Waals surface area contributed by atoms with Gasteiger partial charge in [-0.3, -0.25) is 4.79 Å². The molecule has 1 aliphatic heterocycles. The van der Waals surface area contributed by atoms with Gasteiger partial charge in [-0.2, -0.15) is 0 Å². The fraction of sp³-hybridized carbons (Fsp3) is 0.950. The zero-order valence-electron chi connectivity index (χ0n) is 15.6. The van der Waals surface area contributed by atoms with Crippen LogP contribution in [0, 0.1) is 5.92 Å². The second-order valence-corrected chi connectivity index (χ2v) is 7.43. The lowest BCUT2D eigenvalue weighted by Gasteiger charge is -2.39. The van der Waals surface area contributed by atoms with Crippen LogP contribution in [0.5, 0.6) is 0 Å². The first-order valence-electron chi connectivity index (χ1n) is 10.1. The van der Waals surface area contributed by atoms with E-state index in [0.29, 0.717) is 6.61 Å². The summed E-state index contributed by atoms with van der Waals surface area (Å²) in [5, 5.41) is 0. The van der Waals surface area contributed by atoms with Gasteiger partial charge in [0.2, 0.25) is 5.91 Å². The van der Waals surface area contributed by atoms with Crippen molar-refractivity contribution in [3.05, 3.63) is 0 Å². The number of carbonyl (C=O) groups is 1. The van der Waals surface area contributed by atoms with Crippen LogP contribution in [0.25, 0.3) is 0 Å². The average Bonchev–Trinajstić information content (AvgIpc) is 2.56. The quantitative estimate of drug-likeness (QED) is 0.463. The van der Waals surface area contributed by atoms with Gasteiger partial charge in [-0.25, -0.2) is 0 Å². The topological polar surface area (TPSA) is 52.3 Å². The third-order valence-electron chi connectivity index (χ3n) is 5.51. The molecule has 0 aromatic carbocycles. The Bertz CT molecular complexity index is 311. The first-order chi connectivity index (χ1) is 11.1. The van der Waals surface area contributed by atoms with Crippen LogP contribution in [-0.2, 0) is 9.53 Å². The van der Waals surface area contributed by atoms with Crippen molar-refractivity contribution in [2.24, 2.45) is 11.7 Å². The molecule has 0 aromatic rings. The molecule has 3 heteroatoms. The highest BCUT2D eigenvalue weighted by Crippen LogP contribution is 2.35. The zero-order chi connectivity index (χ0) is 17.0. The van der Waals surface area contributed by atoms with E-state index in [2.05, 4.69) is 13.8 Å². The van der Waals surface area contributed by atoms with Gasteiger partial charge in [-0.05, 0) is 31.6 Å². The number of hydrogen-bond donors (Lipinski definition) is 1. The molecule has 1 saturated heterocycles. The number of amides is 1. The Kier molecular flexibility index (Phi) is 10.6. The van der Waals surface area contributed by atoms with Crippen molar-refractivity contribution in [2.75, 3.05) is 6.61 Å². The smallest absolute Gasteiger partial charge is 0.249 e. The van der Waals surface area contributed by atoms with Gasteiger partial charge < -0.3 is 10.5 Å². The van der Waals surface area contributed by atoms with Crippen LogP contribution in [0.1, 0.15) is 104 Å². The number of carbonyl (C=O) groups excluding carboxylic acids is 1. The summed E-state index contributed by atoms with van der Waals surface area (Å²) in [4.78, 5) is 11.9. The van der Waals surface area contributed by atoms with Crippen molar-refractivity contribution in [3.8, 4) is 0 Å². The monoisotopic (exact) mass is 325 g/mol. The maximum Gasteiger partial charge on any atom is 0.249 e. The summed E-state index contributed by atoms with van der Waals surface area (Å²) in [6.07, 6.45) is 17.4. The molecule has 0 aromatic heterocycles. The highest BCUT2D eigenvalue weighted by atomic mass is 16.5. The van der Waals surface area contributed by atoms with E-state index in [1.807, 2.05) is 0 Å². The molecule has 0 bridgehead atoms. The van der Waals surface area contributed by atoms with Crippen molar-refractivity contribution < 1.29 is 9.53 Å². The maximum absolute atomic E-state index is 11.9. The molecule has 0 radical (unpaired) electrons. The maximum atomic E-state index is 11.9. The Labute approximate surface area is 143 Å². The molecule has 1 heterocycles. The second-order valence-electron chi connectivity index (χ2n) is 7.43. The molecule has 1 amide bonds. The summed E-state index contributed by atoms with van der Waals surface area (Å²) in [7, 11) is 0. The van der Waals surface area contributed by atoms with Crippen molar-refractivity contribution in [1.82, 2.24) is 0 Å². The predicted molar refractivity (Wildman–Crippen MR) is 97.4 cm³/mol. The summed E-state index contributed by atoms with van der Waals surface area (Å²) in [6, 6.07) is 0. The fourth-order valence-electron chi connectivity index (χ4n) is 3.81. The molecule has 1 rings (SSSR count). The lowest BCUT2D eigenvalue weighted by molar-refractivity contribution is -0.160. The Morgan fingerprint density at radius 3 is 2.04 bits per heavy atom. The van der Waals surface area contributed by atoms with Crippen LogP contribution in [0.3, 0.4) is 0 Å². The van der Waals surface area contributed by atoms with Crippen molar-refractivity contribution in [3.63, 3.8) is 0 Å². The number of rotatable bonds is 13. The summed E-state index contributed by atoms with van der Waals surface area (Å²) in [6.45, 7) is 5.09. The summed E-state index contributed by atoms with van der Waals surface area (Å²) in [5.74, 6) is -0.00822. The number of hydrogen-bond acceptors (Lipinski definition) is 2. The highest BCUT2D eigenvalue weighted by Gasteiger charge is 2.43. The van der Waals surface area contributed by atoms with E-state index < -0.39 is 5.60 Å². The number of primary amides is 1. The van der Waals surface area contributed by atoms with Crippen molar-refractivity contribution in [2.45, 2.75) is 109 Å². The summed E-state index contributed by atoms with van der Waals surface area (Å²) in [5.41, 5.74) is 4.98. The van der Waals surface area contributed by atoms with Crippen LogP contribution in [0.15, 0.2) is 0 Å². The average molecular weight is 326 g/mol. The van der Waals surface area contributed by atoms with Crippen molar-refractivity contribution in [1.29, 1.82) is 0 Å². The van der Waals surface area contributed by atoms with E-state index in [0.717, 1.165) is 25.7 Å². The third-order valence-corrected chi connectivity index (χ3v) is 5.51. The first-order valence-corrected chi connectivity index (χ1v) is 10.1. The molecule has 1 fully saturated rings. The van der Waals surface area contributed by atoms with Gasteiger partial charge in [0, 0.05) is 6.61 Å². The van der Waals surface area contributed by atoms with Gasteiger partial charge in [-0.15, -0.1) is 0 Å². The van der Waals surface area contributed by atoms with Crippen molar-refractivity contribution >= 4 is 5.91 Å². The SMILES string of the molecule is CCCCCCCCCCCCC(C)C1(C(N)=O)CCCCO1.